The summed E-state index contributed by atoms with van der Waals surface area (Å²) in [4.78, 5) is 0. The molecule has 0 unspecified atom stereocenters. The first-order chi connectivity index (χ1) is 3.39. The van der Waals surface area contributed by atoms with E-state index in [4.69, 9.17) is 6.15 Å². The predicted octanol–water partition coefficient (Wildman–Crippen LogP) is 0.0774. The van der Waals surface area contributed by atoms with Gasteiger partial charge in [0.15, 0.2) is 0 Å². The maximum Gasteiger partial charge on any atom is 0.138 e. The Morgan fingerprint density at radius 2 is 3.00 bits per heavy atom. The van der Waals surface area contributed by atoms with Crippen molar-refractivity contribution in [2.24, 2.45) is 0 Å². The molecule has 0 aromatic heterocycles. The van der Waals surface area contributed by atoms with E-state index in [1.807, 2.05) is 0 Å². The van der Waals surface area contributed by atoms with Gasteiger partial charge in [-0.15, -0.1) is 0 Å². The SMILES string of the molecule is [2H]N1CC=COC1. The Hall–Kier alpha value is -0.500. The molecule has 2 nitrogen and oxygen atoms in total. The summed E-state index contributed by atoms with van der Waals surface area (Å²) in [7, 11) is 0. The zero-order chi connectivity index (χ0) is 5.11. The molecule has 0 saturated heterocycles. The van der Waals surface area contributed by atoms with Gasteiger partial charge in [0.05, 0.1) is 6.26 Å². The average molecular weight is 86.1 g/mol. The third kappa shape index (κ3) is 0.723. The van der Waals surface area contributed by atoms with Gasteiger partial charge in [0.2, 0.25) is 0 Å². The number of hydrogen-bond acceptors (Lipinski definition) is 2. The minimum absolute atomic E-state index is 0.399. The van der Waals surface area contributed by atoms with Crippen LogP contribution < -0.4 is 5.31 Å². The molecule has 0 amide bonds. The lowest BCUT2D eigenvalue weighted by atomic mass is 10.6. The largest absolute Gasteiger partial charge is 0.486 e. The minimum Gasteiger partial charge on any atom is -0.486 e. The van der Waals surface area contributed by atoms with Crippen LogP contribution in [0.1, 0.15) is 0 Å². The molecule has 0 spiro atoms. The molecule has 0 bridgehead atoms. The molecule has 1 aliphatic heterocycles. The van der Waals surface area contributed by atoms with Crippen LogP contribution in [-0.4, -0.2) is 13.3 Å². The van der Waals surface area contributed by atoms with Crippen LogP contribution in [0.2, 0.25) is 1.41 Å². The highest BCUT2D eigenvalue weighted by Crippen LogP contribution is 1.79. The Kier molecular flexibility index (Phi) is 0.801. The summed E-state index contributed by atoms with van der Waals surface area (Å²) in [6.45, 7) is 1.08. The molecule has 34 valence electrons. The highest BCUT2D eigenvalue weighted by Gasteiger charge is 1.83. The third-order valence-electron chi connectivity index (χ3n) is 0.593. The van der Waals surface area contributed by atoms with Crippen molar-refractivity contribution in [3.05, 3.63) is 12.3 Å². The molecule has 0 aromatic carbocycles. The maximum absolute atomic E-state index is 6.93. The van der Waals surface area contributed by atoms with Crippen LogP contribution in [0.25, 0.3) is 0 Å². The van der Waals surface area contributed by atoms with Gasteiger partial charge >= 0.3 is 0 Å². The number of ether oxygens (including phenoxy) is 1. The van der Waals surface area contributed by atoms with Crippen molar-refractivity contribution in [3.63, 3.8) is 0 Å². The standard InChI is InChI=1S/C4H7NO/c1-2-5-4-6-3-1/h1,3,5H,2,4H2/i/hD. The molecule has 0 aromatic rings. The van der Waals surface area contributed by atoms with Gasteiger partial charge < -0.3 is 4.74 Å². The Morgan fingerprint density at radius 1 is 2.00 bits per heavy atom. The van der Waals surface area contributed by atoms with Crippen LogP contribution in [0.15, 0.2) is 12.3 Å². The fourth-order valence-electron chi connectivity index (χ4n) is 0.334. The third-order valence-corrected chi connectivity index (χ3v) is 0.593. The molecule has 1 rings (SSSR count). The van der Waals surface area contributed by atoms with Crippen molar-refractivity contribution >= 4 is 0 Å². The van der Waals surface area contributed by atoms with Gasteiger partial charge in [0.25, 0.3) is 0 Å². The molecule has 0 radical (unpaired) electrons. The van der Waals surface area contributed by atoms with E-state index in [1.165, 1.54) is 5.31 Å². The summed E-state index contributed by atoms with van der Waals surface area (Å²) >= 11 is 0. The summed E-state index contributed by atoms with van der Waals surface area (Å²) < 4.78 is 11.7. The van der Waals surface area contributed by atoms with Gasteiger partial charge in [-0.25, -0.2) is 0 Å². The van der Waals surface area contributed by atoms with Crippen LogP contribution in [0, 0.1) is 0 Å². The number of hydrogen-bond donors (Lipinski definition) is 1. The van der Waals surface area contributed by atoms with E-state index < -0.39 is 0 Å². The van der Waals surface area contributed by atoms with Gasteiger partial charge in [-0.05, 0) is 6.08 Å². The lowest BCUT2D eigenvalue weighted by Crippen LogP contribution is -2.19. The van der Waals surface area contributed by atoms with E-state index in [2.05, 4.69) is 0 Å². The second-order valence-corrected chi connectivity index (χ2v) is 1.07. The van der Waals surface area contributed by atoms with Gasteiger partial charge in [0.1, 0.15) is 8.14 Å². The zero-order valence-corrected chi connectivity index (χ0v) is 3.42. The van der Waals surface area contributed by atoms with Gasteiger partial charge in [0, 0.05) is 6.54 Å². The molecule has 2 heteroatoms. The number of rotatable bonds is 0. The molecular weight excluding hydrogens is 78.0 g/mol. The summed E-state index contributed by atoms with van der Waals surface area (Å²) in [6, 6.07) is 0. The van der Waals surface area contributed by atoms with Crippen LogP contribution in [0.3, 0.4) is 0 Å². The van der Waals surface area contributed by atoms with Crippen molar-refractivity contribution in [2.45, 2.75) is 0 Å². The second-order valence-electron chi connectivity index (χ2n) is 1.07. The van der Waals surface area contributed by atoms with Crippen LogP contribution >= 0.6 is 0 Å². The van der Waals surface area contributed by atoms with Crippen molar-refractivity contribution in [1.29, 1.82) is 0 Å². The minimum atomic E-state index is 0.399. The Morgan fingerprint density at radius 3 is 3.33 bits per heavy atom. The molecule has 0 atom stereocenters. The first-order valence-corrected chi connectivity index (χ1v) is 1.90. The highest BCUT2D eigenvalue weighted by molar-refractivity contribution is 4.78. The summed E-state index contributed by atoms with van der Waals surface area (Å²) in [5, 5.41) is 1.33. The van der Waals surface area contributed by atoms with Crippen LogP contribution in [0.4, 0.5) is 0 Å². The quantitative estimate of drug-likeness (QED) is 0.450. The summed E-state index contributed by atoms with van der Waals surface area (Å²) in [5.41, 5.74) is 0. The van der Waals surface area contributed by atoms with E-state index >= 15 is 0 Å². The van der Waals surface area contributed by atoms with Crippen molar-refractivity contribution in [2.75, 3.05) is 13.3 Å². The molecule has 0 aliphatic carbocycles. The lowest BCUT2D eigenvalue weighted by molar-refractivity contribution is 0.212. The topological polar surface area (TPSA) is 21.3 Å². The Labute approximate surface area is 38.3 Å². The average Bonchev–Trinajstić information content (AvgIpc) is 1.69. The Balaban J connectivity index is 2.32. The Bertz CT molecular complexity index is 83.8. The van der Waals surface area contributed by atoms with Gasteiger partial charge in [-0.1, -0.05) is 0 Å². The van der Waals surface area contributed by atoms with Crippen LogP contribution in [0.5, 0.6) is 0 Å². The van der Waals surface area contributed by atoms with E-state index in [1.54, 1.807) is 12.3 Å². The second kappa shape index (κ2) is 1.82. The summed E-state index contributed by atoms with van der Waals surface area (Å²) in [6.07, 6.45) is 3.42. The zero-order valence-electron chi connectivity index (χ0n) is 4.42. The molecule has 6 heavy (non-hydrogen) atoms. The molecular formula is C4H7NO. The van der Waals surface area contributed by atoms with E-state index in [0.717, 1.165) is 0 Å². The van der Waals surface area contributed by atoms with E-state index in [9.17, 15) is 0 Å². The van der Waals surface area contributed by atoms with E-state index in [0.29, 0.717) is 13.3 Å². The predicted molar refractivity (Wildman–Crippen MR) is 23.1 cm³/mol. The fourth-order valence-corrected chi connectivity index (χ4v) is 0.334. The molecule has 0 fully saturated rings. The smallest absolute Gasteiger partial charge is 0.138 e. The number of nitrogens with one attached hydrogen (secondary N) is 1. The first-order valence-electron chi connectivity index (χ1n) is 2.35. The molecule has 1 aliphatic rings. The monoisotopic (exact) mass is 86.1 g/mol. The molecule has 1 N–H and O–H groups in total. The van der Waals surface area contributed by atoms with Crippen LogP contribution in [-0.2, 0) is 4.74 Å². The first kappa shape index (κ1) is 2.64. The highest BCUT2D eigenvalue weighted by atomic mass is 16.5. The maximum atomic E-state index is 6.93. The van der Waals surface area contributed by atoms with Crippen molar-refractivity contribution in [3.8, 4) is 0 Å². The van der Waals surface area contributed by atoms with Gasteiger partial charge in [-0.3, -0.25) is 5.31 Å². The molecule has 0 saturated carbocycles. The lowest BCUT2D eigenvalue weighted by Gasteiger charge is -2.04. The van der Waals surface area contributed by atoms with Crippen molar-refractivity contribution in [1.82, 2.24) is 5.31 Å². The van der Waals surface area contributed by atoms with E-state index in [-0.39, 0.29) is 0 Å². The van der Waals surface area contributed by atoms with Crippen molar-refractivity contribution < 1.29 is 6.15 Å². The molecule has 1 heterocycles. The summed E-state index contributed by atoms with van der Waals surface area (Å²) in [5.74, 6) is 0. The fraction of sp³-hybridized carbons (Fsp3) is 0.500. The van der Waals surface area contributed by atoms with Gasteiger partial charge in [-0.2, -0.15) is 0 Å². The normalized spacial score (nSPS) is 25.7.